The summed E-state index contributed by atoms with van der Waals surface area (Å²) in [5.74, 6) is -1.09. The Bertz CT molecular complexity index is 1880. The zero-order valence-corrected chi connectivity index (χ0v) is 23.7. The number of alkyl halides is 2. The highest BCUT2D eigenvalue weighted by molar-refractivity contribution is 7.18. The van der Waals surface area contributed by atoms with Gasteiger partial charge in [-0.15, -0.1) is 11.3 Å². The first-order chi connectivity index (χ1) is 20.9. The first-order valence-electron chi connectivity index (χ1n) is 13.8. The Labute approximate surface area is 249 Å². The molecule has 2 aliphatic heterocycles. The van der Waals surface area contributed by atoms with Crippen LogP contribution < -0.4 is 10.1 Å². The number of hydrogen-bond acceptors (Lipinski definition) is 6. The molecule has 3 aromatic heterocycles. The summed E-state index contributed by atoms with van der Waals surface area (Å²) in [6, 6.07) is 11.9. The van der Waals surface area contributed by atoms with Gasteiger partial charge in [0.15, 0.2) is 0 Å². The Hall–Kier alpha value is -4.48. The average Bonchev–Trinajstić information content (AvgIpc) is 3.66. The number of carbonyl (C=O) groups is 1. The van der Waals surface area contributed by atoms with E-state index in [2.05, 4.69) is 35.2 Å². The zero-order valence-electron chi connectivity index (χ0n) is 22.9. The van der Waals surface area contributed by atoms with Crippen molar-refractivity contribution in [3.05, 3.63) is 89.8 Å². The number of likely N-dealkylation sites (tertiary alicyclic amines) is 1. The van der Waals surface area contributed by atoms with E-state index < -0.39 is 12.4 Å². The van der Waals surface area contributed by atoms with E-state index in [1.165, 1.54) is 40.7 Å². The van der Waals surface area contributed by atoms with Gasteiger partial charge in [-0.1, -0.05) is 18.7 Å². The van der Waals surface area contributed by atoms with Gasteiger partial charge >= 0.3 is 6.61 Å². The van der Waals surface area contributed by atoms with Crippen molar-refractivity contribution in [3.8, 4) is 39.4 Å². The summed E-state index contributed by atoms with van der Waals surface area (Å²) in [7, 11) is 0. The molecular formula is C32H26F3N5O2S. The lowest BCUT2D eigenvalue weighted by Gasteiger charge is -2.38. The minimum Gasteiger partial charge on any atom is -0.434 e. The van der Waals surface area contributed by atoms with Gasteiger partial charge in [-0.2, -0.15) is 13.9 Å². The largest absolute Gasteiger partial charge is 0.434 e. The summed E-state index contributed by atoms with van der Waals surface area (Å²) < 4.78 is 48.7. The Morgan fingerprint density at radius 2 is 1.98 bits per heavy atom. The van der Waals surface area contributed by atoms with Gasteiger partial charge < -0.3 is 15.0 Å². The molecule has 0 unspecified atom stereocenters. The van der Waals surface area contributed by atoms with Crippen molar-refractivity contribution in [3.63, 3.8) is 0 Å². The Kier molecular flexibility index (Phi) is 6.98. The molecule has 0 saturated carbocycles. The number of rotatable bonds is 7. The van der Waals surface area contributed by atoms with Crippen LogP contribution in [-0.4, -0.2) is 51.8 Å². The number of aromatic nitrogens is 3. The van der Waals surface area contributed by atoms with E-state index >= 15 is 0 Å². The molecule has 0 aliphatic carbocycles. The van der Waals surface area contributed by atoms with Crippen LogP contribution in [0, 0.1) is 5.82 Å². The summed E-state index contributed by atoms with van der Waals surface area (Å²) in [6.45, 7) is 3.11. The summed E-state index contributed by atoms with van der Waals surface area (Å²) in [5.41, 5.74) is 6.25. The topological polar surface area (TPSA) is 72.3 Å². The Balaban J connectivity index is 1.41. The van der Waals surface area contributed by atoms with Gasteiger partial charge in [0.2, 0.25) is 5.91 Å². The van der Waals surface area contributed by atoms with Crippen molar-refractivity contribution >= 4 is 27.3 Å². The number of nitrogens with one attached hydrogen (secondary N) is 1. The molecule has 11 heteroatoms. The molecule has 1 N–H and O–H groups in total. The number of benzene rings is 2. The second kappa shape index (κ2) is 11.0. The second-order valence-corrected chi connectivity index (χ2v) is 11.5. The molecule has 0 radical (unpaired) electrons. The van der Waals surface area contributed by atoms with Gasteiger partial charge in [-0.3, -0.25) is 9.48 Å². The molecule has 0 bridgehead atoms. The highest BCUT2D eigenvalue weighted by atomic mass is 32.1. The monoisotopic (exact) mass is 601 g/mol. The van der Waals surface area contributed by atoms with Gasteiger partial charge in [0.1, 0.15) is 11.6 Å². The maximum absolute atomic E-state index is 14.3. The van der Waals surface area contributed by atoms with Crippen LogP contribution in [0.4, 0.5) is 13.2 Å². The van der Waals surface area contributed by atoms with Crippen LogP contribution in [0.3, 0.4) is 0 Å². The Morgan fingerprint density at radius 1 is 1.12 bits per heavy atom. The molecule has 0 atom stereocenters. The zero-order chi connectivity index (χ0) is 29.7. The van der Waals surface area contributed by atoms with Crippen LogP contribution in [0.5, 0.6) is 5.75 Å². The van der Waals surface area contributed by atoms with Crippen molar-refractivity contribution in [2.45, 2.75) is 25.6 Å². The third kappa shape index (κ3) is 4.98. The summed E-state index contributed by atoms with van der Waals surface area (Å²) >= 11 is 1.45. The van der Waals surface area contributed by atoms with Crippen molar-refractivity contribution in [2.24, 2.45) is 0 Å². The van der Waals surface area contributed by atoms with E-state index in [9.17, 15) is 18.0 Å². The smallest absolute Gasteiger partial charge is 0.387 e. The predicted molar refractivity (Wildman–Crippen MR) is 160 cm³/mol. The number of halogens is 3. The van der Waals surface area contributed by atoms with Gasteiger partial charge in [0, 0.05) is 64.2 Å². The molecule has 2 aliphatic rings. The van der Waals surface area contributed by atoms with Crippen LogP contribution in [-0.2, 0) is 17.8 Å². The number of amides is 1. The molecule has 1 amide bonds. The maximum Gasteiger partial charge on any atom is 0.387 e. The third-order valence-electron chi connectivity index (χ3n) is 8.00. The van der Waals surface area contributed by atoms with Crippen LogP contribution in [0.2, 0.25) is 0 Å². The fraction of sp³-hybridized carbons (Fsp3) is 0.219. The normalized spacial score (nSPS) is 15.0. The first kappa shape index (κ1) is 27.4. The molecule has 0 spiro atoms. The first-order valence-corrected chi connectivity index (χ1v) is 14.7. The van der Waals surface area contributed by atoms with Gasteiger partial charge in [0.25, 0.3) is 0 Å². The van der Waals surface area contributed by atoms with E-state index in [-0.39, 0.29) is 17.7 Å². The summed E-state index contributed by atoms with van der Waals surface area (Å²) in [6.07, 6.45) is 5.73. The van der Waals surface area contributed by atoms with Crippen LogP contribution >= 0.6 is 11.3 Å². The lowest BCUT2D eigenvalue weighted by Crippen LogP contribution is -2.50. The van der Waals surface area contributed by atoms with Gasteiger partial charge in [0.05, 0.1) is 23.6 Å². The average molecular weight is 602 g/mol. The van der Waals surface area contributed by atoms with Crippen LogP contribution in [0.1, 0.15) is 17.2 Å². The number of ether oxygens (including phenoxy) is 1. The molecule has 218 valence electrons. The third-order valence-corrected chi connectivity index (χ3v) is 8.93. The molecule has 7 nitrogen and oxygen atoms in total. The quantitative estimate of drug-likeness (QED) is 0.217. The minimum absolute atomic E-state index is 0.0242. The van der Waals surface area contributed by atoms with Crippen molar-refractivity contribution in [2.75, 3.05) is 19.6 Å². The van der Waals surface area contributed by atoms with E-state index in [4.69, 9.17) is 9.72 Å². The van der Waals surface area contributed by atoms with E-state index in [0.717, 1.165) is 46.9 Å². The Morgan fingerprint density at radius 3 is 2.79 bits per heavy atom. The standard InChI is InChI=1S/C32H26F3N5O2S/c1-2-27(41)39-16-23(17-39)40-15-21(14-37-40)30-28(24-6-5-22(33)12-26(24)42-32(34)35)31-25(8-10-43-31)29(38-30)19-3-4-20-13-36-9-7-18(20)11-19/h2-6,8,10-12,14-15,23,32,36H,1,7,9,13,16-17H2. The number of thiophene rings is 1. The van der Waals surface area contributed by atoms with Crippen LogP contribution in [0.25, 0.3) is 43.7 Å². The summed E-state index contributed by atoms with van der Waals surface area (Å²) in [5, 5.41) is 10.8. The highest BCUT2D eigenvalue weighted by Gasteiger charge is 2.32. The lowest BCUT2D eigenvalue weighted by atomic mass is 9.93. The van der Waals surface area contributed by atoms with E-state index in [0.29, 0.717) is 35.5 Å². The number of hydrogen-bond donors (Lipinski definition) is 1. The van der Waals surface area contributed by atoms with E-state index in [1.54, 1.807) is 15.8 Å². The molecule has 7 rings (SSSR count). The molecular weight excluding hydrogens is 575 g/mol. The number of fused-ring (bicyclic) bond motifs is 2. The van der Waals surface area contributed by atoms with Crippen LogP contribution in [0.15, 0.2) is 72.9 Å². The minimum atomic E-state index is -3.14. The van der Waals surface area contributed by atoms with Crippen molar-refractivity contribution < 1.29 is 22.7 Å². The summed E-state index contributed by atoms with van der Waals surface area (Å²) in [4.78, 5) is 18.8. The van der Waals surface area contributed by atoms with Crippen molar-refractivity contribution in [1.29, 1.82) is 0 Å². The number of pyridine rings is 1. The molecule has 5 aromatic rings. The van der Waals surface area contributed by atoms with Gasteiger partial charge in [-0.05, 0) is 59.8 Å². The van der Waals surface area contributed by atoms with E-state index in [1.807, 2.05) is 17.6 Å². The fourth-order valence-corrected chi connectivity index (χ4v) is 6.77. The molecule has 43 heavy (non-hydrogen) atoms. The predicted octanol–water partition coefficient (Wildman–Crippen LogP) is 6.45. The SMILES string of the molecule is C=CC(=O)N1CC(n2cc(-c3nc(-c4ccc5c(c4)CCNC5)c4ccsc4c3-c3ccc(F)cc3OC(F)F)cn2)C1. The second-order valence-electron chi connectivity index (χ2n) is 10.6. The highest BCUT2D eigenvalue weighted by Crippen LogP contribution is 2.46. The number of nitrogens with zero attached hydrogens (tertiary/aromatic N) is 4. The molecule has 5 heterocycles. The van der Waals surface area contributed by atoms with Crippen molar-refractivity contribution in [1.82, 2.24) is 25.0 Å². The maximum atomic E-state index is 14.3. The lowest BCUT2D eigenvalue weighted by molar-refractivity contribution is -0.131. The molecule has 1 saturated heterocycles. The number of carbonyl (C=O) groups excluding carboxylic acids is 1. The molecule has 1 fully saturated rings. The molecule has 2 aromatic carbocycles. The fourth-order valence-electron chi connectivity index (χ4n) is 5.82. The van der Waals surface area contributed by atoms with Gasteiger partial charge in [-0.25, -0.2) is 9.37 Å².